The van der Waals surface area contributed by atoms with Crippen LogP contribution in [0.2, 0.25) is 0 Å². The molecule has 0 fully saturated rings. The first kappa shape index (κ1) is 17.8. The van der Waals surface area contributed by atoms with Gasteiger partial charge in [0.1, 0.15) is 11.4 Å². The summed E-state index contributed by atoms with van der Waals surface area (Å²) in [7, 11) is 1.43. The number of nitrogens with one attached hydrogen (secondary N) is 1. The number of amides is 1. The predicted molar refractivity (Wildman–Crippen MR) is 95.6 cm³/mol. The standard InChI is InChI=1S/C17H18N2O4S/c1-12-5-3-4-6-13(12)10-24-11-17(20)18-15-8-7-14(23-2)9-16(15)19(21)22/h3-9H,10-11H2,1-2H3,(H,18,20). The number of benzene rings is 2. The second-order valence-electron chi connectivity index (χ2n) is 5.11. The van der Waals surface area contributed by atoms with Crippen LogP contribution in [0.4, 0.5) is 11.4 Å². The Morgan fingerprint density at radius 3 is 2.71 bits per heavy atom. The molecule has 2 rings (SSSR count). The number of hydrogen-bond donors (Lipinski definition) is 1. The van der Waals surface area contributed by atoms with E-state index in [2.05, 4.69) is 5.32 Å². The Kier molecular flexibility index (Phi) is 6.20. The number of carbonyl (C=O) groups is 1. The van der Waals surface area contributed by atoms with Gasteiger partial charge in [-0.1, -0.05) is 24.3 Å². The molecule has 6 nitrogen and oxygen atoms in total. The van der Waals surface area contributed by atoms with Gasteiger partial charge < -0.3 is 10.1 Å². The van der Waals surface area contributed by atoms with E-state index < -0.39 is 4.92 Å². The van der Waals surface area contributed by atoms with Crippen LogP contribution in [-0.2, 0) is 10.5 Å². The number of methoxy groups -OCH3 is 1. The summed E-state index contributed by atoms with van der Waals surface area (Å²) in [5.41, 5.74) is 2.33. The van der Waals surface area contributed by atoms with E-state index >= 15 is 0 Å². The second-order valence-corrected chi connectivity index (χ2v) is 6.09. The first-order valence-corrected chi connectivity index (χ1v) is 8.41. The van der Waals surface area contributed by atoms with Gasteiger partial charge in [-0.25, -0.2) is 0 Å². The Bertz CT molecular complexity index is 749. The van der Waals surface area contributed by atoms with Crippen molar-refractivity contribution in [1.82, 2.24) is 0 Å². The largest absolute Gasteiger partial charge is 0.496 e. The van der Waals surface area contributed by atoms with Crippen molar-refractivity contribution in [3.05, 3.63) is 63.7 Å². The lowest BCUT2D eigenvalue weighted by Gasteiger charge is -2.08. The minimum Gasteiger partial charge on any atom is -0.496 e. The average molecular weight is 346 g/mol. The fourth-order valence-electron chi connectivity index (χ4n) is 2.11. The van der Waals surface area contributed by atoms with Crippen LogP contribution in [0.25, 0.3) is 0 Å². The van der Waals surface area contributed by atoms with Crippen molar-refractivity contribution in [2.75, 3.05) is 18.2 Å². The van der Waals surface area contributed by atoms with E-state index in [4.69, 9.17) is 4.74 Å². The minimum absolute atomic E-state index is 0.169. The van der Waals surface area contributed by atoms with E-state index in [1.807, 2.05) is 31.2 Å². The number of nitrogens with zero attached hydrogens (tertiary/aromatic N) is 1. The molecule has 0 bridgehead atoms. The quantitative estimate of drug-likeness (QED) is 0.609. The minimum atomic E-state index is -0.543. The molecule has 126 valence electrons. The average Bonchev–Trinajstić information content (AvgIpc) is 2.56. The van der Waals surface area contributed by atoms with Crippen LogP contribution in [0.5, 0.6) is 5.75 Å². The van der Waals surface area contributed by atoms with Gasteiger partial charge in [0.05, 0.1) is 23.9 Å². The Morgan fingerprint density at radius 1 is 1.29 bits per heavy atom. The monoisotopic (exact) mass is 346 g/mol. The molecule has 0 saturated heterocycles. The molecule has 0 unspecified atom stereocenters. The Morgan fingerprint density at radius 2 is 2.04 bits per heavy atom. The molecule has 24 heavy (non-hydrogen) atoms. The van der Waals surface area contributed by atoms with Gasteiger partial charge >= 0.3 is 0 Å². The Balaban J connectivity index is 1.95. The van der Waals surface area contributed by atoms with Crippen molar-refractivity contribution < 1.29 is 14.5 Å². The molecule has 0 atom stereocenters. The molecule has 1 N–H and O–H groups in total. The van der Waals surface area contributed by atoms with Crippen LogP contribution >= 0.6 is 11.8 Å². The molecule has 1 amide bonds. The third-order valence-electron chi connectivity index (χ3n) is 3.43. The molecule has 0 aliphatic carbocycles. The lowest BCUT2D eigenvalue weighted by atomic mass is 10.1. The molecule has 0 aliphatic heterocycles. The zero-order chi connectivity index (χ0) is 17.5. The topological polar surface area (TPSA) is 81.5 Å². The maximum absolute atomic E-state index is 12.0. The number of thioether (sulfide) groups is 1. The summed E-state index contributed by atoms with van der Waals surface area (Å²) in [6, 6.07) is 12.3. The molecule has 0 spiro atoms. The first-order valence-electron chi connectivity index (χ1n) is 7.26. The van der Waals surface area contributed by atoms with E-state index in [-0.39, 0.29) is 23.0 Å². The summed E-state index contributed by atoms with van der Waals surface area (Å²) in [4.78, 5) is 22.6. The summed E-state index contributed by atoms with van der Waals surface area (Å²) in [6.07, 6.45) is 0. The van der Waals surface area contributed by atoms with Crippen LogP contribution in [0.15, 0.2) is 42.5 Å². The molecule has 0 aromatic heterocycles. The fraction of sp³-hybridized carbons (Fsp3) is 0.235. The van der Waals surface area contributed by atoms with Gasteiger partial charge in [0.25, 0.3) is 5.69 Å². The molecule has 0 saturated carbocycles. The number of aryl methyl sites for hydroxylation is 1. The number of nitro groups is 1. The van der Waals surface area contributed by atoms with Gasteiger partial charge in [-0.15, -0.1) is 11.8 Å². The van der Waals surface area contributed by atoms with Gasteiger partial charge in [-0.3, -0.25) is 14.9 Å². The highest BCUT2D eigenvalue weighted by molar-refractivity contribution is 7.99. The summed E-state index contributed by atoms with van der Waals surface area (Å²) in [5, 5.41) is 13.7. The summed E-state index contributed by atoms with van der Waals surface area (Å²) >= 11 is 1.46. The predicted octanol–water partition coefficient (Wildman–Crippen LogP) is 3.78. The number of rotatable bonds is 7. The SMILES string of the molecule is COc1ccc(NC(=O)CSCc2ccccc2C)c([N+](=O)[O-])c1. The maximum atomic E-state index is 12.0. The molecule has 0 radical (unpaired) electrons. The van der Waals surface area contributed by atoms with Gasteiger partial charge in [-0.05, 0) is 30.2 Å². The zero-order valence-corrected chi connectivity index (χ0v) is 14.3. The van der Waals surface area contributed by atoms with Crippen LogP contribution in [0.3, 0.4) is 0 Å². The van der Waals surface area contributed by atoms with Crippen LogP contribution in [-0.4, -0.2) is 23.7 Å². The third kappa shape index (κ3) is 4.73. The third-order valence-corrected chi connectivity index (χ3v) is 4.41. The maximum Gasteiger partial charge on any atom is 0.296 e. The molecule has 2 aromatic rings. The Labute approximate surface area is 144 Å². The van der Waals surface area contributed by atoms with E-state index in [1.165, 1.54) is 42.1 Å². The highest BCUT2D eigenvalue weighted by Crippen LogP contribution is 2.29. The van der Waals surface area contributed by atoms with Crippen molar-refractivity contribution in [2.24, 2.45) is 0 Å². The number of nitro benzene ring substituents is 1. The van der Waals surface area contributed by atoms with E-state index in [1.54, 1.807) is 6.07 Å². The zero-order valence-electron chi connectivity index (χ0n) is 13.4. The van der Waals surface area contributed by atoms with Gasteiger partial charge in [0, 0.05) is 5.75 Å². The smallest absolute Gasteiger partial charge is 0.296 e. The lowest BCUT2D eigenvalue weighted by molar-refractivity contribution is -0.384. The van der Waals surface area contributed by atoms with E-state index in [0.717, 1.165) is 0 Å². The fourth-order valence-corrected chi connectivity index (χ4v) is 3.01. The first-order chi connectivity index (χ1) is 11.5. The molecule has 2 aromatic carbocycles. The van der Waals surface area contributed by atoms with Crippen molar-refractivity contribution in [1.29, 1.82) is 0 Å². The molecule has 7 heteroatoms. The number of carbonyl (C=O) groups excluding carboxylic acids is 1. The van der Waals surface area contributed by atoms with Gasteiger partial charge in [0.2, 0.25) is 5.91 Å². The van der Waals surface area contributed by atoms with E-state index in [9.17, 15) is 14.9 Å². The molecule has 0 aliphatic rings. The van der Waals surface area contributed by atoms with Crippen LogP contribution in [0, 0.1) is 17.0 Å². The highest BCUT2D eigenvalue weighted by atomic mass is 32.2. The second kappa shape index (κ2) is 8.35. The van der Waals surface area contributed by atoms with E-state index in [0.29, 0.717) is 11.5 Å². The molecular weight excluding hydrogens is 328 g/mol. The number of ether oxygens (including phenoxy) is 1. The molecule has 0 heterocycles. The van der Waals surface area contributed by atoms with Crippen molar-refractivity contribution in [3.8, 4) is 5.75 Å². The number of hydrogen-bond acceptors (Lipinski definition) is 5. The van der Waals surface area contributed by atoms with Gasteiger partial charge in [-0.2, -0.15) is 0 Å². The summed E-state index contributed by atoms with van der Waals surface area (Å²) in [5.74, 6) is 1.03. The highest BCUT2D eigenvalue weighted by Gasteiger charge is 2.17. The van der Waals surface area contributed by atoms with Crippen LogP contribution < -0.4 is 10.1 Å². The molecular formula is C17H18N2O4S. The van der Waals surface area contributed by atoms with Crippen molar-refractivity contribution in [2.45, 2.75) is 12.7 Å². The normalized spacial score (nSPS) is 10.2. The van der Waals surface area contributed by atoms with Gasteiger partial charge in [0.15, 0.2) is 0 Å². The lowest BCUT2D eigenvalue weighted by Crippen LogP contribution is -2.15. The number of anilines is 1. The summed E-state index contributed by atoms with van der Waals surface area (Å²) < 4.78 is 4.97. The van der Waals surface area contributed by atoms with Crippen molar-refractivity contribution >= 4 is 29.0 Å². The van der Waals surface area contributed by atoms with Crippen LogP contribution in [0.1, 0.15) is 11.1 Å². The van der Waals surface area contributed by atoms with Crippen molar-refractivity contribution in [3.63, 3.8) is 0 Å². The Hall–Kier alpha value is -2.54. The summed E-state index contributed by atoms with van der Waals surface area (Å²) in [6.45, 7) is 2.02.